The van der Waals surface area contributed by atoms with E-state index in [9.17, 15) is 4.79 Å². The van der Waals surface area contributed by atoms with Crippen molar-refractivity contribution >= 4 is 17.7 Å². The van der Waals surface area contributed by atoms with Gasteiger partial charge in [-0.15, -0.1) is 10.2 Å². The molecule has 0 bridgehead atoms. The van der Waals surface area contributed by atoms with Gasteiger partial charge in [0.15, 0.2) is 22.5 Å². The molecule has 2 heterocycles. The van der Waals surface area contributed by atoms with Gasteiger partial charge in [0.2, 0.25) is 5.91 Å². The summed E-state index contributed by atoms with van der Waals surface area (Å²) in [5.41, 5.74) is 0.948. The summed E-state index contributed by atoms with van der Waals surface area (Å²) in [7, 11) is 3.28. The van der Waals surface area contributed by atoms with Crippen molar-refractivity contribution in [2.45, 2.75) is 75.5 Å². The molecule has 1 saturated carbocycles. The summed E-state index contributed by atoms with van der Waals surface area (Å²) < 4.78 is 13.2. The molecular formula is C24H34N4O3S. The molecule has 1 aromatic heterocycles. The molecule has 1 atom stereocenters. The van der Waals surface area contributed by atoms with Crippen LogP contribution >= 0.6 is 11.8 Å². The molecule has 1 aromatic carbocycles. The van der Waals surface area contributed by atoms with E-state index in [-0.39, 0.29) is 5.91 Å². The van der Waals surface area contributed by atoms with Gasteiger partial charge in [-0.3, -0.25) is 9.36 Å². The number of carbonyl (C=O) groups excluding carboxylic acids is 1. The number of likely N-dealkylation sites (tertiary alicyclic amines) is 1. The molecule has 32 heavy (non-hydrogen) atoms. The molecule has 0 N–H and O–H groups in total. The molecule has 4 rings (SSSR count). The number of ether oxygens (including phenoxy) is 2. The van der Waals surface area contributed by atoms with Gasteiger partial charge in [0, 0.05) is 24.2 Å². The Morgan fingerprint density at radius 1 is 1.03 bits per heavy atom. The number of hydrogen-bond donors (Lipinski definition) is 0. The van der Waals surface area contributed by atoms with Crippen molar-refractivity contribution in [3.8, 4) is 22.9 Å². The van der Waals surface area contributed by atoms with Crippen molar-refractivity contribution in [2.24, 2.45) is 0 Å². The second-order valence-corrected chi connectivity index (χ2v) is 9.70. The van der Waals surface area contributed by atoms with Gasteiger partial charge in [-0.1, -0.05) is 31.0 Å². The van der Waals surface area contributed by atoms with Gasteiger partial charge in [0.05, 0.1) is 20.0 Å². The number of nitrogens with zero attached hydrogens (tertiary/aromatic N) is 4. The number of amides is 1. The van der Waals surface area contributed by atoms with Gasteiger partial charge in [-0.2, -0.15) is 0 Å². The minimum atomic E-state index is 0.202. The predicted octanol–water partition coefficient (Wildman–Crippen LogP) is 4.96. The Kier molecular flexibility index (Phi) is 7.60. The number of benzene rings is 1. The number of carbonyl (C=O) groups is 1. The fourth-order valence-corrected chi connectivity index (χ4v) is 5.79. The summed E-state index contributed by atoms with van der Waals surface area (Å²) in [5, 5.41) is 9.94. The van der Waals surface area contributed by atoms with Gasteiger partial charge >= 0.3 is 0 Å². The molecule has 0 spiro atoms. The van der Waals surface area contributed by atoms with Gasteiger partial charge < -0.3 is 14.4 Å². The van der Waals surface area contributed by atoms with Crippen molar-refractivity contribution in [2.75, 3.05) is 26.5 Å². The van der Waals surface area contributed by atoms with Crippen LogP contribution in [0.25, 0.3) is 11.4 Å². The summed E-state index contributed by atoms with van der Waals surface area (Å²) >= 11 is 1.52. The third-order valence-electron chi connectivity index (χ3n) is 6.69. The van der Waals surface area contributed by atoms with E-state index in [1.807, 2.05) is 23.1 Å². The van der Waals surface area contributed by atoms with Crippen LogP contribution in [-0.2, 0) is 4.79 Å². The molecule has 1 saturated heterocycles. The summed E-state index contributed by atoms with van der Waals surface area (Å²) in [6.07, 6.45) is 9.33. The molecule has 1 aliphatic heterocycles. The standard InChI is InChI=1S/C24H34N4O3S/c1-17-9-7-8-14-27(17)22(29)16-32-24-26-25-23(28(24)19-10-5-4-6-11-19)18-12-13-20(30-2)21(15-18)31-3/h12-13,15,17,19H,4-11,14,16H2,1-3H3/t17-/m0/s1. The first kappa shape index (κ1) is 23.0. The Labute approximate surface area is 194 Å². The minimum absolute atomic E-state index is 0.202. The lowest BCUT2D eigenvalue weighted by atomic mass is 9.95. The highest BCUT2D eigenvalue weighted by molar-refractivity contribution is 7.99. The molecule has 0 unspecified atom stereocenters. The third-order valence-corrected chi connectivity index (χ3v) is 7.62. The number of piperidine rings is 1. The Morgan fingerprint density at radius 2 is 1.78 bits per heavy atom. The topological polar surface area (TPSA) is 69.5 Å². The van der Waals surface area contributed by atoms with E-state index in [1.54, 1.807) is 14.2 Å². The largest absolute Gasteiger partial charge is 0.493 e. The summed E-state index contributed by atoms with van der Waals surface area (Å²) in [4.78, 5) is 15.0. The molecule has 1 aliphatic carbocycles. The highest BCUT2D eigenvalue weighted by Crippen LogP contribution is 2.38. The maximum absolute atomic E-state index is 12.9. The molecule has 8 heteroatoms. The van der Waals surface area contributed by atoms with Crippen molar-refractivity contribution in [3.05, 3.63) is 18.2 Å². The molecular weight excluding hydrogens is 424 g/mol. The first-order valence-corrected chi connectivity index (χ1v) is 12.7. The fourth-order valence-electron chi connectivity index (χ4n) is 4.89. The number of hydrogen-bond acceptors (Lipinski definition) is 6. The summed E-state index contributed by atoms with van der Waals surface area (Å²) in [6.45, 7) is 3.02. The van der Waals surface area contributed by atoms with E-state index in [2.05, 4.69) is 21.7 Å². The van der Waals surface area contributed by atoms with E-state index < -0.39 is 0 Å². The van der Waals surface area contributed by atoms with Gasteiger partial charge in [0.25, 0.3) is 0 Å². The average Bonchev–Trinajstić information content (AvgIpc) is 3.27. The number of methoxy groups -OCH3 is 2. The van der Waals surface area contributed by atoms with E-state index in [0.29, 0.717) is 29.3 Å². The molecule has 1 amide bonds. The Morgan fingerprint density at radius 3 is 2.50 bits per heavy atom. The fraction of sp³-hybridized carbons (Fsp3) is 0.625. The van der Waals surface area contributed by atoms with Crippen LogP contribution in [0.1, 0.15) is 64.3 Å². The number of rotatable bonds is 7. The van der Waals surface area contributed by atoms with E-state index in [4.69, 9.17) is 9.47 Å². The molecule has 174 valence electrons. The van der Waals surface area contributed by atoms with Crippen LogP contribution in [0.3, 0.4) is 0 Å². The van der Waals surface area contributed by atoms with Crippen molar-refractivity contribution in [1.82, 2.24) is 19.7 Å². The molecule has 2 aromatic rings. The lowest BCUT2D eigenvalue weighted by molar-refractivity contribution is -0.131. The van der Waals surface area contributed by atoms with Crippen molar-refractivity contribution in [1.29, 1.82) is 0 Å². The zero-order valence-electron chi connectivity index (χ0n) is 19.4. The van der Waals surface area contributed by atoms with Crippen LogP contribution in [0.2, 0.25) is 0 Å². The first-order valence-electron chi connectivity index (χ1n) is 11.7. The first-order chi connectivity index (χ1) is 15.6. The second kappa shape index (κ2) is 10.6. The van der Waals surface area contributed by atoms with Crippen LogP contribution in [0, 0.1) is 0 Å². The Hall–Kier alpha value is -2.22. The monoisotopic (exact) mass is 458 g/mol. The van der Waals surface area contributed by atoms with Crippen molar-refractivity contribution < 1.29 is 14.3 Å². The molecule has 7 nitrogen and oxygen atoms in total. The van der Waals surface area contributed by atoms with E-state index >= 15 is 0 Å². The lowest BCUT2D eigenvalue weighted by Crippen LogP contribution is -2.43. The highest BCUT2D eigenvalue weighted by Gasteiger charge is 2.27. The van der Waals surface area contributed by atoms with Crippen LogP contribution in [0.5, 0.6) is 11.5 Å². The summed E-state index contributed by atoms with van der Waals surface area (Å²) in [6, 6.07) is 6.54. The molecule has 2 fully saturated rings. The highest BCUT2D eigenvalue weighted by atomic mass is 32.2. The SMILES string of the molecule is COc1ccc(-c2nnc(SCC(=O)N3CCCC[C@@H]3C)n2C2CCCCC2)cc1OC. The van der Waals surface area contributed by atoms with E-state index in [0.717, 1.165) is 48.8 Å². The normalized spacial score (nSPS) is 19.7. The molecule has 2 aliphatic rings. The maximum atomic E-state index is 12.9. The number of thioether (sulfide) groups is 1. The summed E-state index contributed by atoms with van der Waals surface area (Å²) in [5.74, 6) is 2.80. The van der Waals surface area contributed by atoms with Crippen LogP contribution in [-0.4, -0.2) is 58.1 Å². The van der Waals surface area contributed by atoms with Gasteiger partial charge in [-0.05, 0) is 57.2 Å². The van der Waals surface area contributed by atoms with Crippen LogP contribution in [0.4, 0.5) is 0 Å². The lowest BCUT2D eigenvalue weighted by Gasteiger charge is -2.33. The van der Waals surface area contributed by atoms with Gasteiger partial charge in [-0.25, -0.2) is 0 Å². The van der Waals surface area contributed by atoms with Gasteiger partial charge in [0.1, 0.15) is 0 Å². The quantitative estimate of drug-likeness (QED) is 0.546. The number of aromatic nitrogens is 3. The van der Waals surface area contributed by atoms with Crippen LogP contribution < -0.4 is 9.47 Å². The predicted molar refractivity (Wildman–Crippen MR) is 126 cm³/mol. The average molecular weight is 459 g/mol. The van der Waals surface area contributed by atoms with Crippen LogP contribution in [0.15, 0.2) is 23.4 Å². The maximum Gasteiger partial charge on any atom is 0.233 e. The second-order valence-electron chi connectivity index (χ2n) is 8.76. The Bertz CT molecular complexity index is 926. The van der Waals surface area contributed by atoms with Crippen molar-refractivity contribution in [3.63, 3.8) is 0 Å². The Balaban J connectivity index is 1.60. The molecule has 0 radical (unpaired) electrons. The zero-order chi connectivity index (χ0) is 22.5. The minimum Gasteiger partial charge on any atom is -0.493 e. The third kappa shape index (κ3) is 4.90. The smallest absolute Gasteiger partial charge is 0.233 e. The van der Waals surface area contributed by atoms with E-state index in [1.165, 1.54) is 37.4 Å². The zero-order valence-corrected chi connectivity index (χ0v) is 20.2.